The second-order valence-electron chi connectivity index (χ2n) is 3.90. The summed E-state index contributed by atoms with van der Waals surface area (Å²) in [5, 5.41) is 8.81. The van der Waals surface area contributed by atoms with Crippen LogP contribution in [0.15, 0.2) is 36.7 Å². The van der Waals surface area contributed by atoms with Crippen molar-refractivity contribution in [1.82, 2.24) is 9.55 Å². The molecule has 0 aliphatic heterocycles. The number of nitriles is 1. The summed E-state index contributed by atoms with van der Waals surface area (Å²) >= 11 is 0. The smallest absolute Gasteiger partial charge is 0.212 e. The summed E-state index contributed by atoms with van der Waals surface area (Å²) < 4.78 is 1.87. The minimum atomic E-state index is 0.474. The summed E-state index contributed by atoms with van der Waals surface area (Å²) in [6, 6.07) is 9.96. The lowest BCUT2D eigenvalue weighted by molar-refractivity contribution is 0.635. The highest BCUT2D eigenvalue weighted by molar-refractivity contribution is 5.39. The van der Waals surface area contributed by atoms with E-state index in [2.05, 4.69) is 11.1 Å². The number of hydrogen-bond acceptors (Lipinski definition) is 3. The number of aromatic nitrogens is 2. The van der Waals surface area contributed by atoms with Crippen molar-refractivity contribution in [3.63, 3.8) is 0 Å². The molecule has 0 aliphatic rings. The van der Waals surface area contributed by atoms with Gasteiger partial charge in [-0.05, 0) is 30.5 Å². The molecule has 1 heterocycles. The second-order valence-corrected chi connectivity index (χ2v) is 3.90. The molecular formula is C13H14N4. The van der Waals surface area contributed by atoms with Gasteiger partial charge >= 0.3 is 0 Å². The van der Waals surface area contributed by atoms with E-state index < -0.39 is 0 Å². The first kappa shape index (κ1) is 11.2. The van der Waals surface area contributed by atoms with Gasteiger partial charge in [-0.2, -0.15) is 5.26 Å². The molecule has 86 valence electrons. The molecule has 0 spiro atoms. The number of nitrogen functional groups attached to an aromatic ring is 1. The van der Waals surface area contributed by atoms with Crippen molar-refractivity contribution in [1.29, 1.82) is 5.26 Å². The summed E-state index contributed by atoms with van der Waals surface area (Å²) in [5.41, 5.74) is 7.67. The second kappa shape index (κ2) is 5.17. The van der Waals surface area contributed by atoms with E-state index in [1.54, 1.807) is 6.20 Å². The van der Waals surface area contributed by atoms with Gasteiger partial charge in [0.2, 0.25) is 5.82 Å². The number of imidazole rings is 1. The van der Waals surface area contributed by atoms with Crippen LogP contribution in [0.1, 0.15) is 17.8 Å². The SMILES string of the molecule is N#Cc1nccn1CCCc1ccc(N)cc1. The number of anilines is 1. The zero-order valence-electron chi connectivity index (χ0n) is 9.50. The van der Waals surface area contributed by atoms with Crippen molar-refractivity contribution in [2.75, 3.05) is 5.73 Å². The molecule has 2 rings (SSSR count). The van der Waals surface area contributed by atoms with Crippen molar-refractivity contribution < 1.29 is 0 Å². The number of rotatable bonds is 4. The fraction of sp³-hybridized carbons (Fsp3) is 0.231. The summed E-state index contributed by atoms with van der Waals surface area (Å²) in [7, 11) is 0. The molecule has 2 N–H and O–H groups in total. The Balaban J connectivity index is 1.88. The Morgan fingerprint density at radius 1 is 1.29 bits per heavy atom. The van der Waals surface area contributed by atoms with Gasteiger partial charge in [-0.3, -0.25) is 0 Å². The van der Waals surface area contributed by atoms with Gasteiger partial charge < -0.3 is 10.3 Å². The molecule has 0 saturated carbocycles. The maximum Gasteiger partial charge on any atom is 0.212 e. The molecule has 1 aromatic carbocycles. The van der Waals surface area contributed by atoms with E-state index >= 15 is 0 Å². The van der Waals surface area contributed by atoms with E-state index in [4.69, 9.17) is 11.0 Å². The van der Waals surface area contributed by atoms with Gasteiger partial charge in [-0.15, -0.1) is 0 Å². The van der Waals surface area contributed by atoms with E-state index in [1.165, 1.54) is 5.56 Å². The maximum absolute atomic E-state index is 8.81. The number of benzene rings is 1. The van der Waals surface area contributed by atoms with Gasteiger partial charge in [-0.25, -0.2) is 4.98 Å². The van der Waals surface area contributed by atoms with Crippen LogP contribution in [0.4, 0.5) is 5.69 Å². The van der Waals surface area contributed by atoms with Crippen molar-refractivity contribution >= 4 is 5.69 Å². The monoisotopic (exact) mass is 226 g/mol. The highest BCUT2D eigenvalue weighted by atomic mass is 15.1. The first-order valence-corrected chi connectivity index (χ1v) is 5.55. The number of nitrogens with zero attached hydrogens (tertiary/aromatic N) is 3. The molecule has 4 heteroatoms. The molecule has 0 amide bonds. The molecule has 0 fully saturated rings. The van der Waals surface area contributed by atoms with Gasteiger partial charge in [0.15, 0.2) is 0 Å². The summed E-state index contributed by atoms with van der Waals surface area (Å²) in [6.45, 7) is 0.813. The Hall–Kier alpha value is -2.28. The Morgan fingerprint density at radius 3 is 2.76 bits per heavy atom. The van der Waals surface area contributed by atoms with E-state index in [1.807, 2.05) is 35.0 Å². The summed E-state index contributed by atoms with van der Waals surface area (Å²) in [6.07, 6.45) is 5.45. The third-order valence-corrected chi connectivity index (χ3v) is 2.66. The topological polar surface area (TPSA) is 67.6 Å². The van der Waals surface area contributed by atoms with Crippen LogP contribution < -0.4 is 5.73 Å². The third kappa shape index (κ3) is 2.85. The van der Waals surface area contributed by atoms with E-state index in [0.29, 0.717) is 5.82 Å². The van der Waals surface area contributed by atoms with Crippen LogP contribution in [0.2, 0.25) is 0 Å². The molecule has 17 heavy (non-hydrogen) atoms. The predicted molar refractivity (Wildman–Crippen MR) is 66.1 cm³/mol. The molecule has 0 bridgehead atoms. The Bertz CT molecular complexity index is 519. The Labute approximate surface area is 100 Å². The van der Waals surface area contributed by atoms with Crippen molar-refractivity contribution in [2.45, 2.75) is 19.4 Å². The number of aryl methyl sites for hydroxylation is 2. The average molecular weight is 226 g/mol. The van der Waals surface area contributed by atoms with Crippen molar-refractivity contribution in [3.05, 3.63) is 48.0 Å². The number of hydrogen-bond donors (Lipinski definition) is 1. The zero-order valence-corrected chi connectivity index (χ0v) is 9.50. The lowest BCUT2D eigenvalue weighted by Crippen LogP contribution is -2.01. The van der Waals surface area contributed by atoms with E-state index in [0.717, 1.165) is 25.1 Å². The van der Waals surface area contributed by atoms with Crippen LogP contribution in [0.3, 0.4) is 0 Å². The molecule has 0 radical (unpaired) electrons. The fourth-order valence-corrected chi connectivity index (χ4v) is 1.74. The van der Waals surface area contributed by atoms with E-state index in [-0.39, 0.29) is 0 Å². The minimum Gasteiger partial charge on any atom is -0.399 e. The number of nitrogens with two attached hydrogens (primary N) is 1. The molecular weight excluding hydrogens is 212 g/mol. The molecule has 0 unspecified atom stereocenters. The van der Waals surface area contributed by atoms with Crippen LogP contribution in [0, 0.1) is 11.3 Å². The first-order chi connectivity index (χ1) is 8.29. The van der Waals surface area contributed by atoms with Crippen molar-refractivity contribution in [3.8, 4) is 6.07 Å². The average Bonchev–Trinajstić information content (AvgIpc) is 2.79. The lowest BCUT2D eigenvalue weighted by Gasteiger charge is -2.04. The Morgan fingerprint density at radius 2 is 2.06 bits per heavy atom. The normalized spacial score (nSPS) is 10.1. The third-order valence-electron chi connectivity index (χ3n) is 2.66. The van der Waals surface area contributed by atoms with Crippen LogP contribution >= 0.6 is 0 Å². The minimum absolute atomic E-state index is 0.474. The van der Waals surface area contributed by atoms with Gasteiger partial charge in [0.05, 0.1) is 0 Å². The molecule has 0 atom stereocenters. The van der Waals surface area contributed by atoms with Gasteiger partial charge in [0.1, 0.15) is 6.07 Å². The maximum atomic E-state index is 8.81. The van der Waals surface area contributed by atoms with Gasteiger partial charge in [0.25, 0.3) is 0 Å². The highest BCUT2D eigenvalue weighted by Crippen LogP contribution is 2.08. The zero-order chi connectivity index (χ0) is 12.1. The van der Waals surface area contributed by atoms with Crippen LogP contribution in [-0.2, 0) is 13.0 Å². The highest BCUT2D eigenvalue weighted by Gasteiger charge is 2.00. The molecule has 2 aromatic rings. The fourth-order valence-electron chi connectivity index (χ4n) is 1.74. The van der Waals surface area contributed by atoms with Gasteiger partial charge in [-0.1, -0.05) is 12.1 Å². The van der Waals surface area contributed by atoms with Crippen LogP contribution in [0.25, 0.3) is 0 Å². The van der Waals surface area contributed by atoms with Crippen LogP contribution in [0.5, 0.6) is 0 Å². The molecule has 0 saturated heterocycles. The summed E-state index contributed by atoms with van der Waals surface area (Å²) in [5.74, 6) is 0.474. The predicted octanol–water partition coefficient (Wildman–Crippen LogP) is 1.97. The first-order valence-electron chi connectivity index (χ1n) is 5.55. The molecule has 4 nitrogen and oxygen atoms in total. The summed E-state index contributed by atoms with van der Waals surface area (Å²) in [4.78, 5) is 3.96. The standard InChI is InChI=1S/C13H14N4/c14-10-13-16-7-9-17(13)8-1-2-11-3-5-12(15)6-4-11/h3-7,9H,1-2,8,15H2. The van der Waals surface area contributed by atoms with Gasteiger partial charge in [0, 0.05) is 24.6 Å². The van der Waals surface area contributed by atoms with Crippen LogP contribution in [-0.4, -0.2) is 9.55 Å². The Kier molecular flexibility index (Phi) is 3.41. The largest absolute Gasteiger partial charge is 0.399 e. The van der Waals surface area contributed by atoms with Crippen molar-refractivity contribution in [2.24, 2.45) is 0 Å². The quantitative estimate of drug-likeness (QED) is 0.810. The molecule has 0 aliphatic carbocycles. The van der Waals surface area contributed by atoms with E-state index in [9.17, 15) is 0 Å². The molecule has 1 aromatic heterocycles. The lowest BCUT2D eigenvalue weighted by atomic mass is 10.1.